The first kappa shape index (κ1) is 13.2. The summed E-state index contributed by atoms with van der Waals surface area (Å²) in [7, 11) is 0. The molecule has 2 aromatic rings. The summed E-state index contributed by atoms with van der Waals surface area (Å²) in [5, 5.41) is 15.1. The van der Waals surface area contributed by atoms with Gasteiger partial charge in [-0.15, -0.1) is 0 Å². The highest BCUT2D eigenvalue weighted by atomic mass is 32.2. The molecule has 0 radical (unpaired) electrons. The summed E-state index contributed by atoms with van der Waals surface area (Å²) in [6.07, 6.45) is 4.02. The molecule has 0 saturated carbocycles. The average Bonchev–Trinajstić information content (AvgIpc) is 2.48. The van der Waals surface area contributed by atoms with Gasteiger partial charge in [-0.05, 0) is 36.8 Å². The zero-order chi connectivity index (χ0) is 13.9. The van der Waals surface area contributed by atoms with E-state index in [2.05, 4.69) is 10.3 Å². The van der Waals surface area contributed by atoms with Gasteiger partial charge in [0.25, 0.3) is 5.69 Å². The fourth-order valence-electron chi connectivity index (χ4n) is 2.51. The predicted molar refractivity (Wildman–Crippen MR) is 82.4 cm³/mol. The van der Waals surface area contributed by atoms with Gasteiger partial charge in [0, 0.05) is 24.1 Å². The van der Waals surface area contributed by atoms with Gasteiger partial charge in [0.1, 0.15) is 5.52 Å². The molecule has 1 saturated heterocycles. The van der Waals surface area contributed by atoms with Crippen LogP contribution in [0.4, 0.5) is 11.4 Å². The number of aromatic nitrogens is 1. The molecule has 1 atom stereocenters. The van der Waals surface area contributed by atoms with Crippen molar-refractivity contribution >= 4 is 34.0 Å². The Morgan fingerprint density at radius 3 is 3.05 bits per heavy atom. The van der Waals surface area contributed by atoms with Gasteiger partial charge in [0.2, 0.25) is 0 Å². The number of thioether (sulfide) groups is 1. The van der Waals surface area contributed by atoms with Crippen LogP contribution in [0.15, 0.2) is 30.5 Å². The molecule has 1 fully saturated rings. The van der Waals surface area contributed by atoms with Crippen molar-refractivity contribution < 1.29 is 4.92 Å². The Hall–Kier alpha value is -1.82. The van der Waals surface area contributed by atoms with E-state index in [9.17, 15) is 10.1 Å². The number of rotatable bonds is 3. The van der Waals surface area contributed by atoms with Crippen LogP contribution in [0.1, 0.15) is 12.8 Å². The number of pyridine rings is 1. The van der Waals surface area contributed by atoms with Crippen LogP contribution >= 0.6 is 11.8 Å². The first-order valence-electron chi connectivity index (χ1n) is 6.62. The van der Waals surface area contributed by atoms with Crippen LogP contribution in [0.25, 0.3) is 10.9 Å². The summed E-state index contributed by atoms with van der Waals surface area (Å²) in [4.78, 5) is 15.0. The quantitative estimate of drug-likeness (QED) is 0.692. The van der Waals surface area contributed by atoms with E-state index in [0.717, 1.165) is 17.9 Å². The minimum atomic E-state index is -0.357. The molecule has 0 bridgehead atoms. The maximum Gasteiger partial charge on any atom is 0.278 e. The lowest BCUT2D eigenvalue weighted by Crippen LogP contribution is -2.25. The number of benzene rings is 1. The van der Waals surface area contributed by atoms with Crippen molar-refractivity contribution in [3.63, 3.8) is 0 Å². The monoisotopic (exact) mass is 289 g/mol. The Balaban J connectivity index is 1.99. The van der Waals surface area contributed by atoms with Crippen LogP contribution in [-0.2, 0) is 0 Å². The van der Waals surface area contributed by atoms with E-state index in [-0.39, 0.29) is 10.6 Å². The third-order valence-electron chi connectivity index (χ3n) is 3.46. The minimum absolute atomic E-state index is 0.108. The molecular weight excluding hydrogens is 274 g/mol. The lowest BCUT2D eigenvalue weighted by molar-refractivity contribution is -0.383. The molecule has 0 spiro atoms. The summed E-state index contributed by atoms with van der Waals surface area (Å²) in [6.45, 7) is 0. The Labute approximate surface area is 120 Å². The number of nitro groups is 1. The maximum absolute atomic E-state index is 11.1. The second kappa shape index (κ2) is 5.66. The number of nitrogens with one attached hydrogen (secondary N) is 1. The Bertz CT molecular complexity index is 641. The van der Waals surface area contributed by atoms with Crippen LogP contribution in [0, 0.1) is 10.1 Å². The number of anilines is 1. The molecule has 1 aromatic carbocycles. The highest BCUT2D eigenvalue weighted by Gasteiger charge is 2.18. The van der Waals surface area contributed by atoms with E-state index in [1.165, 1.54) is 12.2 Å². The van der Waals surface area contributed by atoms with Gasteiger partial charge in [-0.2, -0.15) is 11.8 Å². The number of non-ortho nitro benzene ring substituents is 1. The van der Waals surface area contributed by atoms with Crippen molar-refractivity contribution in [1.29, 1.82) is 0 Å². The van der Waals surface area contributed by atoms with E-state index in [4.69, 9.17) is 0 Å². The standard InChI is InChI=1S/C14H15N3O2S/c18-17(19)13-6-5-12(14-11(13)4-1-7-15-14)16-10-3-2-8-20-9-10/h1,4-7,10,16H,2-3,8-9H2. The van der Waals surface area contributed by atoms with Crippen molar-refractivity contribution in [3.05, 3.63) is 40.6 Å². The predicted octanol–water partition coefficient (Wildman–Crippen LogP) is 3.45. The summed E-state index contributed by atoms with van der Waals surface area (Å²) in [6, 6.07) is 7.23. The minimum Gasteiger partial charge on any atom is -0.380 e. The Morgan fingerprint density at radius 1 is 1.40 bits per heavy atom. The topological polar surface area (TPSA) is 68.1 Å². The maximum atomic E-state index is 11.1. The molecular formula is C14H15N3O2S. The highest BCUT2D eigenvalue weighted by molar-refractivity contribution is 7.99. The molecule has 3 rings (SSSR count). The summed E-state index contributed by atoms with van der Waals surface area (Å²) >= 11 is 1.94. The molecule has 1 aromatic heterocycles. The molecule has 20 heavy (non-hydrogen) atoms. The van der Waals surface area contributed by atoms with Crippen molar-refractivity contribution in [2.24, 2.45) is 0 Å². The van der Waals surface area contributed by atoms with E-state index in [0.29, 0.717) is 16.9 Å². The van der Waals surface area contributed by atoms with Gasteiger partial charge in [-0.3, -0.25) is 15.1 Å². The molecule has 5 nitrogen and oxygen atoms in total. The van der Waals surface area contributed by atoms with E-state index >= 15 is 0 Å². The highest BCUT2D eigenvalue weighted by Crippen LogP contribution is 2.31. The number of hydrogen-bond acceptors (Lipinski definition) is 5. The molecule has 1 N–H and O–H groups in total. The van der Waals surface area contributed by atoms with Gasteiger partial charge in [0.15, 0.2) is 0 Å². The fourth-order valence-corrected chi connectivity index (χ4v) is 3.58. The van der Waals surface area contributed by atoms with Crippen molar-refractivity contribution in [3.8, 4) is 0 Å². The Morgan fingerprint density at radius 2 is 2.30 bits per heavy atom. The third kappa shape index (κ3) is 2.56. The number of nitrogens with zero attached hydrogens (tertiary/aromatic N) is 2. The number of hydrogen-bond donors (Lipinski definition) is 1. The number of nitro benzene ring substituents is 1. The lowest BCUT2D eigenvalue weighted by atomic mass is 10.1. The Kier molecular flexibility index (Phi) is 3.73. The summed E-state index contributed by atoms with van der Waals surface area (Å²) < 4.78 is 0. The average molecular weight is 289 g/mol. The second-order valence-corrected chi connectivity index (χ2v) is 6.00. The van der Waals surface area contributed by atoms with Crippen LogP contribution < -0.4 is 5.32 Å². The summed E-state index contributed by atoms with van der Waals surface area (Å²) in [5.41, 5.74) is 1.67. The zero-order valence-corrected chi connectivity index (χ0v) is 11.7. The molecule has 1 aliphatic heterocycles. The number of fused-ring (bicyclic) bond motifs is 1. The SMILES string of the molecule is O=[N+]([O-])c1ccc(NC2CCCSC2)c2ncccc12. The van der Waals surface area contributed by atoms with E-state index in [1.54, 1.807) is 30.5 Å². The van der Waals surface area contributed by atoms with Crippen molar-refractivity contribution in [2.75, 3.05) is 16.8 Å². The molecule has 0 aliphatic carbocycles. The molecule has 1 aliphatic rings. The van der Waals surface area contributed by atoms with Gasteiger partial charge >= 0.3 is 0 Å². The molecule has 0 amide bonds. The third-order valence-corrected chi connectivity index (χ3v) is 4.68. The van der Waals surface area contributed by atoms with Crippen LogP contribution in [-0.4, -0.2) is 27.5 Å². The van der Waals surface area contributed by atoms with Crippen LogP contribution in [0.3, 0.4) is 0 Å². The van der Waals surface area contributed by atoms with E-state index < -0.39 is 0 Å². The van der Waals surface area contributed by atoms with Crippen molar-refractivity contribution in [1.82, 2.24) is 4.98 Å². The fraction of sp³-hybridized carbons (Fsp3) is 0.357. The molecule has 1 unspecified atom stereocenters. The summed E-state index contributed by atoms with van der Waals surface area (Å²) in [5.74, 6) is 2.29. The normalized spacial score (nSPS) is 18.9. The second-order valence-electron chi connectivity index (χ2n) is 4.85. The first-order valence-corrected chi connectivity index (χ1v) is 7.77. The molecule has 104 valence electrons. The molecule has 6 heteroatoms. The van der Waals surface area contributed by atoms with Gasteiger partial charge < -0.3 is 5.32 Å². The first-order chi connectivity index (χ1) is 9.75. The lowest BCUT2D eigenvalue weighted by Gasteiger charge is -2.24. The van der Waals surface area contributed by atoms with Gasteiger partial charge in [0.05, 0.1) is 16.0 Å². The van der Waals surface area contributed by atoms with Crippen LogP contribution in [0.2, 0.25) is 0 Å². The zero-order valence-electron chi connectivity index (χ0n) is 10.9. The van der Waals surface area contributed by atoms with Crippen LogP contribution in [0.5, 0.6) is 0 Å². The smallest absolute Gasteiger partial charge is 0.278 e. The van der Waals surface area contributed by atoms with Gasteiger partial charge in [-0.1, -0.05) is 0 Å². The van der Waals surface area contributed by atoms with Gasteiger partial charge in [-0.25, -0.2) is 0 Å². The van der Waals surface area contributed by atoms with Crippen molar-refractivity contribution in [2.45, 2.75) is 18.9 Å². The molecule has 2 heterocycles. The largest absolute Gasteiger partial charge is 0.380 e. The van der Waals surface area contributed by atoms with E-state index in [1.807, 2.05) is 11.8 Å².